The van der Waals surface area contributed by atoms with Crippen LogP contribution in [-0.4, -0.2) is 47.2 Å². The number of rotatable bonds is 6. The lowest BCUT2D eigenvalue weighted by Gasteiger charge is -2.11. The van der Waals surface area contributed by atoms with Gasteiger partial charge in [-0.2, -0.15) is 5.10 Å². The largest absolute Gasteiger partial charge is 0.389 e. The average molecular weight is 303 g/mol. The second kappa shape index (κ2) is 7.20. The zero-order valence-electron chi connectivity index (χ0n) is 13.0. The number of aryl methyl sites for hydroxylation is 1. The molecule has 118 valence electrons. The van der Waals surface area contributed by atoms with Gasteiger partial charge in [0.05, 0.1) is 35.9 Å². The lowest BCUT2D eigenvalue weighted by molar-refractivity contribution is 0.0609. The van der Waals surface area contributed by atoms with Crippen LogP contribution in [0.2, 0.25) is 0 Å². The van der Waals surface area contributed by atoms with Crippen LogP contribution in [0.15, 0.2) is 30.5 Å². The normalized spacial score (nSPS) is 12.2. The van der Waals surface area contributed by atoms with Crippen molar-refractivity contribution in [1.82, 2.24) is 15.1 Å². The highest BCUT2D eigenvalue weighted by Crippen LogP contribution is 2.17. The molecule has 0 bridgehead atoms. The number of amides is 1. The lowest BCUT2D eigenvalue weighted by Crippen LogP contribution is -2.34. The summed E-state index contributed by atoms with van der Waals surface area (Å²) in [5.41, 5.74) is 3.27. The van der Waals surface area contributed by atoms with Crippen LogP contribution in [0, 0.1) is 13.8 Å². The molecule has 0 aliphatic heterocycles. The predicted octanol–water partition coefficient (Wildman–Crippen LogP) is 1.23. The molecule has 1 heterocycles. The maximum absolute atomic E-state index is 12.2. The van der Waals surface area contributed by atoms with E-state index in [2.05, 4.69) is 10.4 Å². The maximum Gasteiger partial charge on any atom is 0.254 e. The third-order valence-corrected chi connectivity index (χ3v) is 3.46. The summed E-state index contributed by atoms with van der Waals surface area (Å²) < 4.78 is 6.57. The van der Waals surface area contributed by atoms with Gasteiger partial charge >= 0.3 is 0 Å². The van der Waals surface area contributed by atoms with E-state index in [0.29, 0.717) is 5.56 Å². The Labute approximate surface area is 129 Å². The van der Waals surface area contributed by atoms with Gasteiger partial charge in [0.2, 0.25) is 0 Å². The number of benzene rings is 1. The quantitative estimate of drug-likeness (QED) is 0.841. The first-order chi connectivity index (χ1) is 10.5. The first-order valence-corrected chi connectivity index (χ1v) is 7.10. The number of carbonyl (C=O) groups excluding carboxylic acids is 1. The Morgan fingerprint density at radius 1 is 1.41 bits per heavy atom. The fourth-order valence-electron chi connectivity index (χ4n) is 2.23. The van der Waals surface area contributed by atoms with Crippen molar-refractivity contribution in [2.45, 2.75) is 20.0 Å². The molecule has 6 heteroatoms. The van der Waals surface area contributed by atoms with Crippen molar-refractivity contribution in [3.05, 3.63) is 47.3 Å². The SMILES string of the molecule is COCC(O)CNC(=O)c1cnn(-c2ccccc2C)c1C. The second-order valence-corrected chi connectivity index (χ2v) is 5.16. The third kappa shape index (κ3) is 3.52. The maximum atomic E-state index is 12.2. The number of hydrogen-bond acceptors (Lipinski definition) is 4. The van der Waals surface area contributed by atoms with Crippen molar-refractivity contribution in [2.24, 2.45) is 0 Å². The van der Waals surface area contributed by atoms with E-state index in [-0.39, 0.29) is 19.1 Å². The molecule has 0 spiro atoms. The van der Waals surface area contributed by atoms with Gasteiger partial charge in [0.15, 0.2) is 0 Å². The van der Waals surface area contributed by atoms with Crippen molar-refractivity contribution >= 4 is 5.91 Å². The molecule has 1 unspecified atom stereocenters. The molecule has 1 amide bonds. The van der Waals surface area contributed by atoms with Crippen LogP contribution >= 0.6 is 0 Å². The Hall–Kier alpha value is -2.18. The molecule has 1 atom stereocenters. The van der Waals surface area contributed by atoms with Crippen molar-refractivity contribution in [3.63, 3.8) is 0 Å². The number of hydrogen-bond donors (Lipinski definition) is 2. The third-order valence-electron chi connectivity index (χ3n) is 3.46. The molecule has 2 aromatic rings. The van der Waals surface area contributed by atoms with Gasteiger partial charge in [-0.15, -0.1) is 0 Å². The number of nitrogens with one attached hydrogen (secondary N) is 1. The Morgan fingerprint density at radius 2 is 2.14 bits per heavy atom. The van der Waals surface area contributed by atoms with E-state index in [1.165, 1.54) is 7.11 Å². The van der Waals surface area contributed by atoms with Gasteiger partial charge in [-0.3, -0.25) is 4.79 Å². The molecule has 0 saturated carbocycles. The molecule has 0 saturated heterocycles. The van der Waals surface area contributed by atoms with E-state index < -0.39 is 6.10 Å². The van der Waals surface area contributed by atoms with Crippen LogP contribution in [-0.2, 0) is 4.74 Å². The minimum absolute atomic E-state index is 0.141. The molecule has 0 aliphatic rings. The molecule has 1 aromatic carbocycles. The summed E-state index contributed by atoms with van der Waals surface area (Å²) in [6, 6.07) is 7.85. The van der Waals surface area contributed by atoms with Gasteiger partial charge in [-0.25, -0.2) is 4.68 Å². The predicted molar refractivity (Wildman–Crippen MR) is 83.3 cm³/mol. The van der Waals surface area contributed by atoms with Crippen LogP contribution in [0.5, 0.6) is 0 Å². The Morgan fingerprint density at radius 3 is 2.82 bits per heavy atom. The Bertz CT molecular complexity index is 652. The molecular formula is C16H21N3O3. The fraction of sp³-hybridized carbons (Fsp3) is 0.375. The summed E-state index contributed by atoms with van der Waals surface area (Å²) >= 11 is 0. The highest BCUT2D eigenvalue weighted by molar-refractivity contribution is 5.95. The monoisotopic (exact) mass is 303 g/mol. The van der Waals surface area contributed by atoms with E-state index in [9.17, 15) is 9.90 Å². The van der Waals surface area contributed by atoms with Crippen molar-refractivity contribution in [2.75, 3.05) is 20.3 Å². The topological polar surface area (TPSA) is 76.4 Å². The Balaban J connectivity index is 2.14. The highest BCUT2D eigenvalue weighted by Gasteiger charge is 2.16. The zero-order chi connectivity index (χ0) is 16.1. The van der Waals surface area contributed by atoms with Crippen molar-refractivity contribution < 1.29 is 14.6 Å². The lowest BCUT2D eigenvalue weighted by atomic mass is 10.2. The zero-order valence-corrected chi connectivity index (χ0v) is 13.0. The second-order valence-electron chi connectivity index (χ2n) is 5.16. The minimum atomic E-state index is -0.722. The molecule has 2 N–H and O–H groups in total. The molecule has 0 fully saturated rings. The average Bonchev–Trinajstić information content (AvgIpc) is 2.87. The van der Waals surface area contributed by atoms with Crippen LogP contribution in [0.1, 0.15) is 21.6 Å². The van der Waals surface area contributed by atoms with E-state index in [1.54, 1.807) is 10.9 Å². The number of carbonyl (C=O) groups is 1. The highest BCUT2D eigenvalue weighted by atomic mass is 16.5. The number of para-hydroxylation sites is 1. The molecular weight excluding hydrogens is 282 g/mol. The first kappa shape index (κ1) is 16.2. The molecule has 2 rings (SSSR count). The molecule has 0 radical (unpaired) electrons. The number of aromatic nitrogens is 2. The van der Waals surface area contributed by atoms with Crippen LogP contribution < -0.4 is 5.32 Å². The van der Waals surface area contributed by atoms with Gasteiger partial charge in [0.25, 0.3) is 5.91 Å². The molecule has 0 aliphatic carbocycles. The van der Waals surface area contributed by atoms with Gasteiger partial charge in [0, 0.05) is 13.7 Å². The molecule has 6 nitrogen and oxygen atoms in total. The summed E-state index contributed by atoms with van der Waals surface area (Å²) in [4.78, 5) is 12.2. The van der Waals surface area contributed by atoms with Crippen molar-refractivity contribution in [1.29, 1.82) is 0 Å². The van der Waals surface area contributed by atoms with Gasteiger partial charge in [0.1, 0.15) is 0 Å². The van der Waals surface area contributed by atoms with Gasteiger partial charge < -0.3 is 15.2 Å². The number of aliphatic hydroxyl groups is 1. The van der Waals surface area contributed by atoms with E-state index in [1.807, 2.05) is 38.1 Å². The number of ether oxygens (including phenoxy) is 1. The minimum Gasteiger partial charge on any atom is -0.389 e. The summed E-state index contributed by atoms with van der Waals surface area (Å²) in [5, 5.41) is 16.6. The summed E-state index contributed by atoms with van der Waals surface area (Å²) in [7, 11) is 1.50. The van der Waals surface area contributed by atoms with Crippen LogP contribution in [0.4, 0.5) is 0 Å². The fourth-order valence-corrected chi connectivity index (χ4v) is 2.23. The van der Waals surface area contributed by atoms with E-state index in [0.717, 1.165) is 16.9 Å². The molecule has 1 aromatic heterocycles. The standard InChI is InChI=1S/C16H21N3O3/c1-11-6-4-5-7-15(11)19-12(2)14(9-18-19)16(21)17-8-13(20)10-22-3/h4-7,9,13,20H,8,10H2,1-3H3,(H,17,21). The van der Waals surface area contributed by atoms with Gasteiger partial charge in [-0.05, 0) is 25.5 Å². The summed E-state index contributed by atoms with van der Waals surface area (Å²) in [5.74, 6) is -0.257. The van der Waals surface area contributed by atoms with Crippen LogP contribution in [0.3, 0.4) is 0 Å². The van der Waals surface area contributed by atoms with Crippen molar-refractivity contribution in [3.8, 4) is 5.69 Å². The van der Waals surface area contributed by atoms with Gasteiger partial charge in [-0.1, -0.05) is 18.2 Å². The smallest absolute Gasteiger partial charge is 0.254 e. The number of methoxy groups -OCH3 is 1. The Kier molecular flexibility index (Phi) is 5.30. The number of nitrogens with zero attached hydrogens (tertiary/aromatic N) is 2. The van der Waals surface area contributed by atoms with E-state index in [4.69, 9.17) is 4.74 Å². The summed E-state index contributed by atoms with van der Waals surface area (Å²) in [6.45, 7) is 4.17. The summed E-state index contributed by atoms with van der Waals surface area (Å²) in [6.07, 6.45) is 0.820. The van der Waals surface area contributed by atoms with E-state index >= 15 is 0 Å². The number of aliphatic hydroxyl groups excluding tert-OH is 1. The first-order valence-electron chi connectivity index (χ1n) is 7.10. The molecule has 22 heavy (non-hydrogen) atoms. The van der Waals surface area contributed by atoms with Crippen LogP contribution in [0.25, 0.3) is 5.69 Å².